The van der Waals surface area contributed by atoms with Crippen LogP contribution in [0, 0.1) is 11.3 Å². The fourth-order valence-corrected chi connectivity index (χ4v) is 4.16. The van der Waals surface area contributed by atoms with Crippen molar-refractivity contribution in [2.45, 2.75) is 105 Å². The van der Waals surface area contributed by atoms with E-state index in [1.165, 1.54) is 12.8 Å². The number of nitrogens with zero attached hydrogens (tertiary/aromatic N) is 2. The summed E-state index contributed by atoms with van der Waals surface area (Å²) in [5.41, 5.74) is -0.150. The van der Waals surface area contributed by atoms with E-state index in [0.717, 1.165) is 25.8 Å². The summed E-state index contributed by atoms with van der Waals surface area (Å²) >= 11 is 1.58. The molecular formula is C30H58N4O6S. The number of Topliss-reactive ketones (excluding diaryl/α,β-unsaturated/α-hetero) is 1. The first-order valence-corrected chi connectivity index (χ1v) is 16.0. The van der Waals surface area contributed by atoms with Crippen LogP contribution < -0.4 is 10.6 Å². The summed E-state index contributed by atoms with van der Waals surface area (Å²) in [7, 11) is 3.80. The maximum absolute atomic E-state index is 12.0. The van der Waals surface area contributed by atoms with Crippen LogP contribution in [0.3, 0.4) is 0 Å². The third kappa shape index (κ3) is 19.0. The van der Waals surface area contributed by atoms with Crippen LogP contribution in [0.15, 0.2) is 12.2 Å². The van der Waals surface area contributed by atoms with Crippen molar-refractivity contribution in [3.8, 4) is 0 Å². The van der Waals surface area contributed by atoms with E-state index >= 15 is 0 Å². The van der Waals surface area contributed by atoms with E-state index in [4.69, 9.17) is 4.74 Å². The molecule has 3 N–H and O–H groups in total. The van der Waals surface area contributed by atoms with Gasteiger partial charge in [-0.05, 0) is 39.6 Å². The first kappa shape index (κ1) is 41.2. The number of hydrogen-bond acceptors (Lipinski definition) is 9. The van der Waals surface area contributed by atoms with Crippen molar-refractivity contribution in [2.24, 2.45) is 11.3 Å². The van der Waals surface area contributed by atoms with Gasteiger partial charge in [-0.15, -0.1) is 0 Å². The zero-order chi connectivity index (χ0) is 32.0. The number of carbonyl (C=O) groups excluding carboxylic acids is 3. The standard InChI is InChI=1S/C17H30N2O3.C11H22N2O3S.C2H6/c1-4-5-6-7-8-10-13(2)15(17(21)22)18-16-14(20)11-9-12-19(16)3;1-11(2,3)9(8-13(4)17-5)16-10(15)12-6-7-14;1-2/h8,10,13,15-16,18H,4-7,9,11-12H2,1-3H3,(H,21,22);7,9H,6,8H2,1-5H3,(H,12,15);1-2H3/b10-8-;;/t13?,15?,16-;;/m0../s1. The van der Waals surface area contributed by atoms with Crippen molar-refractivity contribution in [1.82, 2.24) is 19.8 Å². The maximum Gasteiger partial charge on any atom is 0.407 e. The van der Waals surface area contributed by atoms with Crippen LogP contribution in [-0.2, 0) is 19.1 Å². The lowest BCUT2D eigenvalue weighted by atomic mass is 9.89. The summed E-state index contributed by atoms with van der Waals surface area (Å²) < 4.78 is 7.33. The number of likely N-dealkylation sites (tertiary alicyclic amines) is 1. The van der Waals surface area contributed by atoms with Gasteiger partial charge in [-0.1, -0.05) is 85.4 Å². The lowest BCUT2D eigenvalue weighted by molar-refractivity contribution is -0.142. The number of nitrogens with one attached hydrogen (secondary N) is 2. The minimum absolute atomic E-state index is 0.0198. The highest BCUT2D eigenvalue weighted by molar-refractivity contribution is 7.96. The first-order valence-electron chi connectivity index (χ1n) is 14.8. The van der Waals surface area contributed by atoms with Gasteiger partial charge in [0.05, 0.1) is 6.54 Å². The number of carboxylic acid groups (broad SMARTS) is 1. The molecule has 0 aromatic carbocycles. The average molecular weight is 603 g/mol. The van der Waals surface area contributed by atoms with Gasteiger partial charge < -0.3 is 20.0 Å². The van der Waals surface area contributed by atoms with E-state index in [1.54, 1.807) is 11.9 Å². The number of carboxylic acids is 1. The van der Waals surface area contributed by atoms with Crippen LogP contribution >= 0.6 is 11.9 Å². The molecule has 240 valence electrons. The normalized spacial score (nSPS) is 17.9. The van der Waals surface area contributed by atoms with Gasteiger partial charge in [0.2, 0.25) is 0 Å². The quantitative estimate of drug-likeness (QED) is 0.102. The number of ether oxygens (including phenoxy) is 1. The van der Waals surface area contributed by atoms with Gasteiger partial charge >= 0.3 is 12.1 Å². The van der Waals surface area contributed by atoms with Crippen molar-refractivity contribution in [1.29, 1.82) is 0 Å². The summed E-state index contributed by atoms with van der Waals surface area (Å²) in [5.74, 6) is -0.973. The summed E-state index contributed by atoms with van der Waals surface area (Å²) in [6.07, 6.45) is 11.2. The van der Waals surface area contributed by atoms with E-state index in [0.29, 0.717) is 19.3 Å². The van der Waals surface area contributed by atoms with Gasteiger partial charge in [-0.3, -0.25) is 24.1 Å². The Kier molecular flexibility index (Phi) is 23.7. The molecule has 10 nitrogen and oxygen atoms in total. The van der Waals surface area contributed by atoms with E-state index in [2.05, 4.69) is 23.6 Å². The number of likely N-dealkylation sites (N-methyl/N-ethyl adjacent to an activating group) is 2. The largest absolute Gasteiger partial charge is 0.480 e. The molecule has 1 amide bonds. The smallest absolute Gasteiger partial charge is 0.407 e. The Morgan fingerprint density at radius 2 is 1.90 bits per heavy atom. The topological polar surface area (TPSA) is 128 Å². The van der Waals surface area contributed by atoms with E-state index in [-0.39, 0.29) is 29.8 Å². The van der Waals surface area contributed by atoms with Crippen LogP contribution in [0.5, 0.6) is 0 Å². The fourth-order valence-electron chi connectivity index (χ4n) is 3.88. The van der Waals surface area contributed by atoms with Gasteiger partial charge in [0, 0.05) is 30.8 Å². The molecule has 0 aliphatic carbocycles. The molecular weight excluding hydrogens is 544 g/mol. The van der Waals surface area contributed by atoms with Gasteiger partial charge in [0.15, 0.2) is 5.78 Å². The molecule has 0 aromatic heterocycles. The molecule has 0 saturated carbocycles. The lowest BCUT2D eigenvalue weighted by Gasteiger charge is -2.34. The molecule has 0 aromatic rings. The Balaban J connectivity index is 0. The third-order valence-electron chi connectivity index (χ3n) is 6.50. The number of aliphatic carboxylic acids is 1. The number of alkyl carbamates (subject to hydrolysis) is 1. The molecule has 1 saturated heterocycles. The molecule has 0 bridgehead atoms. The molecule has 1 rings (SSSR count). The van der Waals surface area contributed by atoms with Crippen LogP contribution in [0.4, 0.5) is 4.79 Å². The predicted octanol–water partition coefficient (Wildman–Crippen LogP) is 4.98. The summed E-state index contributed by atoms with van der Waals surface area (Å²) in [6.45, 7) is 15.5. The summed E-state index contributed by atoms with van der Waals surface area (Å²) in [5, 5.41) is 14.9. The Morgan fingerprint density at radius 1 is 1.27 bits per heavy atom. The van der Waals surface area contributed by atoms with Crippen molar-refractivity contribution >= 4 is 36.1 Å². The maximum atomic E-state index is 12.0. The number of hydrogen-bond donors (Lipinski definition) is 3. The predicted molar refractivity (Wildman–Crippen MR) is 169 cm³/mol. The van der Waals surface area contributed by atoms with E-state index in [1.807, 2.05) is 77.2 Å². The molecule has 0 radical (unpaired) electrons. The lowest BCUT2D eigenvalue weighted by Crippen LogP contribution is -2.58. The number of unbranched alkanes of at least 4 members (excludes halogenated alkanes) is 3. The molecule has 11 heteroatoms. The Hall–Kier alpha value is -1.95. The van der Waals surface area contributed by atoms with Crippen molar-refractivity contribution in [2.75, 3.05) is 40.0 Å². The zero-order valence-electron chi connectivity index (χ0n) is 27.2. The molecule has 1 aliphatic heterocycles. The van der Waals surface area contributed by atoms with Crippen molar-refractivity contribution in [3.63, 3.8) is 0 Å². The third-order valence-corrected chi connectivity index (χ3v) is 7.27. The number of carbonyl (C=O) groups is 4. The molecule has 1 heterocycles. The monoisotopic (exact) mass is 602 g/mol. The van der Waals surface area contributed by atoms with Crippen LogP contribution in [0.1, 0.15) is 87.0 Å². The van der Waals surface area contributed by atoms with Crippen LogP contribution in [0.25, 0.3) is 0 Å². The first-order chi connectivity index (χ1) is 19.3. The second kappa shape index (κ2) is 23.6. The minimum Gasteiger partial charge on any atom is -0.480 e. The average Bonchev–Trinajstić information content (AvgIpc) is 2.91. The van der Waals surface area contributed by atoms with Crippen molar-refractivity contribution < 1.29 is 29.0 Å². The Morgan fingerprint density at radius 3 is 2.39 bits per heavy atom. The van der Waals surface area contributed by atoms with Gasteiger partial charge in [-0.2, -0.15) is 0 Å². The van der Waals surface area contributed by atoms with Gasteiger partial charge in [-0.25, -0.2) is 4.79 Å². The second-order valence-electron chi connectivity index (χ2n) is 11.0. The Labute approximate surface area is 253 Å². The number of ketones is 1. The second-order valence-corrected chi connectivity index (χ2v) is 12.0. The number of piperidine rings is 1. The molecule has 41 heavy (non-hydrogen) atoms. The number of amides is 1. The highest BCUT2D eigenvalue weighted by Gasteiger charge is 2.33. The van der Waals surface area contributed by atoms with Gasteiger partial charge in [0.1, 0.15) is 24.6 Å². The fraction of sp³-hybridized carbons (Fsp3) is 0.800. The zero-order valence-corrected chi connectivity index (χ0v) is 28.0. The van der Waals surface area contributed by atoms with Gasteiger partial charge in [0.25, 0.3) is 0 Å². The number of aldehydes is 1. The molecule has 1 aliphatic rings. The SMILES string of the molecule is CC.CCCCC/C=C\C(C)C(N[C@@H]1C(=O)CCCN1C)C(=O)O.CSN(C)CC(OC(=O)NCC=O)C(C)(C)C. The molecule has 1 fully saturated rings. The molecule has 4 atom stereocenters. The number of allylic oxidation sites excluding steroid dienone is 1. The van der Waals surface area contributed by atoms with E-state index in [9.17, 15) is 24.3 Å². The van der Waals surface area contributed by atoms with E-state index < -0.39 is 24.3 Å². The van der Waals surface area contributed by atoms with Crippen molar-refractivity contribution in [3.05, 3.63) is 12.2 Å². The summed E-state index contributed by atoms with van der Waals surface area (Å²) in [6, 6.07) is -0.739. The molecule has 3 unspecified atom stereocenters. The van der Waals surface area contributed by atoms with Crippen LogP contribution in [0.2, 0.25) is 0 Å². The summed E-state index contributed by atoms with van der Waals surface area (Å²) in [4.78, 5) is 47.0. The van der Waals surface area contributed by atoms with Crippen LogP contribution in [-0.4, -0.2) is 96.7 Å². The number of rotatable bonds is 15. The molecule has 0 spiro atoms. The minimum atomic E-state index is -0.905. The highest BCUT2D eigenvalue weighted by atomic mass is 32.2. The highest BCUT2D eigenvalue weighted by Crippen LogP contribution is 2.24. The Bertz CT molecular complexity index is 775.